The third-order valence-electron chi connectivity index (χ3n) is 4.02. The van der Waals surface area contributed by atoms with Crippen LogP contribution in [-0.4, -0.2) is 36.6 Å². The molecule has 2 rings (SSSR count). The third kappa shape index (κ3) is 5.64. The summed E-state index contributed by atoms with van der Waals surface area (Å²) in [7, 11) is 0. The Morgan fingerprint density at radius 3 is 2.82 bits per heavy atom. The zero-order chi connectivity index (χ0) is 15.9. The second-order valence-electron chi connectivity index (χ2n) is 6.36. The van der Waals surface area contributed by atoms with E-state index in [0.29, 0.717) is 6.54 Å². The number of urea groups is 1. The molecule has 122 valence electrons. The number of halogens is 1. The van der Waals surface area contributed by atoms with Crippen LogP contribution in [0, 0.1) is 11.7 Å². The van der Waals surface area contributed by atoms with Gasteiger partial charge in [0.25, 0.3) is 0 Å². The number of nitrogens with one attached hydrogen (secondary N) is 2. The summed E-state index contributed by atoms with van der Waals surface area (Å²) in [5, 5.41) is 5.76. The van der Waals surface area contributed by atoms with E-state index < -0.39 is 0 Å². The Labute approximate surface area is 132 Å². The van der Waals surface area contributed by atoms with Crippen molar-refractivity contribution in [3.63, 3.8) is 0 Å². The summed E-state index contributed by atoms with van der Waals surface area (Å²) in [6.07, 6.45) is 2.54. The van der Waals surface area contributed by atoms with Gasteiger partial charge in [0.1, 0.15) is 5.82 Å². The number of likely N-dealkylation sites (tertiary alicyclic amines) is 1. The molecule has 0 saturated carbocycles. The van der Waals surface area contributed by atoms with Crippen LogP contribution in [0.15, 0.2) is 24.3 Å². The fourth-order valence-corrected chi connectivity index (χ4v) is 2.94. The number of hydrogen-bond acceptors (Lipinski definition) is 2. The molecule has 0 spiro atoms. The molecule has 1 aromatic carbocycles. The zero-order valence-electron chi connectivity index (χ0n) is 13.4. The Morgan fingerprint density at radius 1 is 1.41 bits per heavy atom. The molecule has 2 atom stereocenters. The normalized spacial score (nSPS) is 20.4. The SMILES string of the molecule is C[C@H]1CCCN(C[C@@H](C)NC(=O)NCc2ccc(F)cc2)C1. The molecule has 1 heterocycles. The predicted molar refractivity (Wildman–Crippen MR) is 86.1 cm³/mol. The second kappa shape index (κ2) is 8.13. The quantitative estimate of drug-likeness (QED) is 0.878. The van der Waals surface area contributed by atoms with E-state index in [1.165, 1.54) is 25.0 Å². The standard InChI is InChI=1S/C17H26FN3O/c1-13-4-3-9-21(11-13)12-14(2)20-17(22)19-10-15-5-7-16(18)8-6-15/h5-8,13-14H,3-4,9-12H2,1-2H3,(H2,19,20,22)/t13-,14+/m0/s1. The number of amides is 2. The smallest absolute Gasteiger partial charge is 0.315 e. The van der Waals surface area contributed by atoms with Crippen molar-refractivity contribution in [3.8, 4) is 0 Å². The molecule has 2 amide bonds. The number of carbonyl (C=O) groups excluding carboxylic acids is 1. The van der Waals surface area contributed by atoms with Gasteiger partial charge < -0.3 is 15.5 Å². The van der Waals surface area contributed by atoms with E-state index in [4.69, 9.17) is 0 Å². The molecular formula is C17H26FN3O. The summed E-state index contributed by atoms with van der Waals surface area (Å²) in [6.45, 7) is 7.82. The first-order chi connectivity index (χ1) is 10.5. The molecule has 0 unspecified atom stereocenters. The van der Waals surface area contributed by atoms with E-state index in [0.717, 1.165) is 31.1 Å². The van der Waals surface area contributed by atoms with Crippen molar-refractivity contribution in [2.45, 2.75) is 39.3 Å². The van der Waals surface area contributed by atoms with Crippen LogP contribution < -0.4 is 10.6 Å². The van der Waals surface area contributed by atoms with E-state index in [2.05, 4.69) is 22.5 Å². The minimum Gasteiger partial charge on any atom is -0.334 e. The van der Waals surface area contributed by atoms with Gasteiger partial charge in [-0.25, -0.2) is 9.18 Å². The number of nitrogens with zero attached hydrogens (tertiary/aromatic N) is 1. The fraction of sp³-hybridized carbons (Fsp3) is 0.588. The highest BCUT2D eigenvalue weighted by molar-refractivity contribution is 5.74. The molecule has 1 aliphatic rings. The van der Waals surface area contributed by atoms with Crippen molar-refractivity contribution in [2.24, 2.45) is 5.92 Å². The Balaban J connectivity index is 1.68. The average molecular weight is 307 g/mol. The first-order valence-corrected chi connectivity index (χ1v) is 8.04. The minimum absolute atomic E-state index is 0.110. The van der Waals surface area contributed by atoms with Crippen LogP contribution in [0.2, 0.25) is 0 Å². The van der Waals surface area contributed by atoms with Gasteiger partial charge in [-0.15, -0.1) is 0 Å². The van der Waals surface area contributed by atoms with Crippen molar-refractivity contribution < 1.29 is 9.18 Å². The summed E-state index contributed by atoms with van der Waals surface area (Å²) < 4.78 is 12.8. The Bertz CT molecular complexity index is 477. The van der Waals surface area contributed by atoms with Gasteiger partial charge in [-0.05, 0) is 49.9 Å². The van der Waals surface area contributed by atoms with Gasteiger partial charge in [0, 0.05) is 25.7 Å². The van der Waals surface area contributed by atoms with Gasteiger partial charge >= 0.3 is 6.03 Å². The van der Waals surface area contributed by atoms with Crippen molar-refractivity contribution >= 4 is 6.03 Å². The minimum atomic E-state index is -0.266. The zero-order valence-corrected chi connectivity index (χ0v) is 13.4. The van der Waals surface area contributed by atoms with Crippen molar-refractivity contribution in [2.75, 3.05) is 19.6 Å². The molecule has 1 fully saturated rings. The van der Waals surface area contributed by atoms with Crippen LogP contribution in [0.25, 0.3) is 0 Å². The molecule has 0 bridgehead atoms. The number of carbonyl (C=O) groups is 1. The van der Waals surface area contributed by atoms with E-state index in [9.17, 15) is 9.18 Å². The van der Waals surface area contributed by atoms with Crippen LogP contribution in [0.4, 0.5) is 9.18 Å². The third-order valence-corrected chi connectivity index (χ3v) is 4.02. The van der Waals surface area contributed by atoms with Gasteiger partial charge in [-0.3, -0.25) is 0 Å². The van der Waals surface area contributed by atoms with E-state index in [-0.39, 0.29) is 17.9 Å². The summed E-state index contributed by atoms with van der Waals surface area (Å²) in [5.74, 6) is 0.478. The van der Waals surface area contributed by atoms with E-state index in [1.54, 1.807) is 12.1 Å². The number of rotatable bonds is 5. The lowest BCUT2D eigenvalue weighted by Crippen LogP contribution is -2.47. The first-order valence-electron chi connectivity index (χ1n) is 8.04. The number of hydrogen-bond donors (Lipinski definition) is 2. The van der Waals surface area contributed by atoms with Gasteiger partial charge in [0.2, 0.25) is 0 Å². The first kappa shape index (κ1) is 16.7. The van der Waals surface area contributed by atoms with Crippen LogP contribution >= 0.6 is 0 Å². The molecule has 2 N–H and O–H groups in total. The van der Waals surface area contributed by atoms with Gasteiger partial charge in [-0.2, -0.15) is 0 Å². The van der Waals surface area contributed by atoms with Gasteiger partial charge in [0.15, 0.2) is 0 Å². The molecule has 4 nitrogen and oxygen atoms in total. The lowest BCUT2D eigenvalue weighted by Gasteiger charge is -2.32. The maximum atomic E-state index is 12.8. The molecule has 0 aromatic heterocycles. The lowest BCUT2D eigenvalue weighted by atomic mass is 10.00. The fourth-order valence-electron chi connectivity index (χ4n) is 2.94. The highest BCUT2D eigenvalue weighted by atomic mass is 19.1. The van der Waals surface area contributed by atoms with Crippen molar-refractivity contribution in [1.82, 2.24) is 15.5 Å². The van der Waals surface area contributed by atoms with Crippen LogP contribution in [-0.2, 0) is 6.54 Å². The predicted octanol–water partition coefficient (Wildman–Crippen LogP) is 2.75. The summed E-state index contributed by atoms with van der Waals surface area (Å²) in [6, 6.07) is 6.08. The maximum Gasteiger partial charge on any atom is 0.315 e. The highest BCUT2D eigenvalue weighted by Gasteiger charge is 2.18. The summed E-state index contributed by atoms with van der Waals surface area (Å²) in [4.78, 5) is 14.3. The summed E-state index contributed by atoms with van der Waals surface area (Å²) >= 11 is 0. The number of piperidine rings is 1. The molecule has 1 aromatic rings. The van der Waals surface area contributed by atoms with Gasteiger partial charge in [0.05, 0.1) is 0 Å². The van der Waals surface area contributed by atoms with Crippen LogP contribution in [0.1, 0.15) is 32.3 Å². The molecule has 0 aliphatic carbocycles. The molecule has 22 heavy (non-hydrogen) atoms. The van der Waals surface area contributed by atoms with Crippen molar-refractivity contribution in [1.29, 1.82) is 0 Å². The van der Waals surface area contributed by atoms with E-state index in [1.807, 2.05) is 6.92 Å². The van der Waals surface area contributed by atoms with Crippen LogP contribution in [0.5, 0.6) is 0 Å². The summed E-state index contributed by atoms with van der Waals surface area (Å²) in [5.41, 5.74) is 0.883. The molecule has 1 aliphatic heterocycles. The second-order valence-corrected chi connectivity index (χ2v) is 6.36. The van der Waals surface area contributed by atoms with Crippen LogP contribution in [0.3, 0.4) is 0 Å². The monoisotopic (exact) mass is 307 g/mol. The molecule has 0 radical (unpaired) electrons. The van der Waals surface area contributed by atoms with E-state index >= 15 is 0 Å². The topological polar surface area (TPSA) is 44.4 Å². The van der Waals surface area contributed by atoms with Gasteiger partial charge in [-0.1, -0.05) is 19.1 Å². The Morgan fingerprint density at radius 2 is 2.14 bits per heavy atom. The Kier molecular flexibility index (Phi) is 6.19. The van der Waals surface area contributed by atoms with Crippen molar-refractivity contribution in [3.05, 3.63) is 35.6 Å². The lowest BCUT2D eigenvalue weighted by molar-refractivity contribution is 0.169. The Hall–Kier alpha value is -1.62. The maximum absolute atomic E-state index is 12.8. The number of benzene rings is 1. The highest BCUT2D eigenvalue weighted by Crippen LogP contribution is 2.15. The molecule has 5 heteroatoms. The molecule has 1 saturated heterocycles. The largest absolute Gasteiger partial charge is 0.334 e. The average Bonchev–Trinajstić information content (AvgIpc) is 2.46. The molecular weight excluding hydrogens is 281 g/mol.